The molecule has 1 heterocycles. The summed E-state index contributed by atoms with van der Waals surface area (Å²) < 4.78 is 10.9. The normalized spacial score (nSPS) is 16.0. The summed E-state index contributed by atoms with van der Waals surface area (Å²) in [6, 6.07) is 14.9. The molecule has 0 spiro atoms. The fraction of sp³-hybridized carbons (Fsp3) is 0.273. The minimum Gasteiger partial charge on any atom is -0.497 e. The summed E-state index contributed by atoms with van der Waals surface area (Å²) in [7, 11) is 5.00. The first kappa shape index (κ1) is 20.7. The van der Waals surface area contributed by atoms with Crippen LogP contribution >= 0.6 is 12.2 Å². The van der Waals surface area contributed by atoms with Gasteiger partial charge < -0.3 is 25.0 Å². The fourth-order valence-corrected chi connectivity index (χ4v) is 3.68. The van der Waals surface area contributed by atoms with Gasteiger partial charge in [0.1, 0.15) is 11.5 Å². The van der Waals surface area contributed by atoms with Crippen LogP contribution in [0, 0.1) is 0 Å². The van der Waals surface area contributed by atoms with Crippen molar-refractivity contribution >= 4 is 23.2 Å². The van der Waals surface area contributed by atoms with Crippen molar-refractivity contribution in [2.24, 2.45) is 0 Å². The van der Waals surface area contributed by atoms with Gasteiger partial charge >= 0.3 is 0 Å². The zero-order valence-electron chi connectivity index (χ0n) is 17.0. The van der Waals surface area contributed by atoms with Gasteiger partial charge in [-0.25, -0.2) is 0 Å². The molecule has 1 amide bonds. The number of thiocarbonyl (C=S) groups is 1. The highest BCUT2D eigenvalue weighted by Crippen LogP contribution is 2.36. The highest BCUT2D eigenvalue weighted by molar-refractivity contribution is 7.80. The van der Waals surface area contributed by atoms with Crippen molar-refractivity contribution in [2.45, 2.75) is 19.5 Å². The Morgan fingerprint density at radius 1 is 1.14 bits per heavy atom. The Labute approximate surface area is 176 Å². The number of likely N-dealkylation sites (N-methyl/N-ethyl adjacent to an activating group) is 1. The number of ether oxygens (including phenoxy) is 2. The maximum absolute atomic E-state index is 13.4. The lowest BCUT2D eigenvalue weighted by Crippen LogP contribution is -2.47. The number of benzene rings is 2. The van der Waals surface area contributed by atoms with Gasteiger partial charge in [0.25, 0.3) is 5.91 Å². The zero-order chi connectivity index (χ0) is 21.0. The molecule has 0 bridgehead atoms. The minimum absolute atomic E-state index is 0.0938. The molecule has 2 aromatic carbocycles. The summed E-state index contributed by atoms with van der Waals surface area (Å²) in [6.07, 6.45) is 0. The fourth-order valence-electron chi connectivity index (χ4n) is 3.41. The van der Waals surface area contributed by atoms with Crippen LogP contribution < -0.4 is 20.1 Å². The average molecular weight is 412 g/mol. The van der Waals surface area contributed by atoms with Gasteiger partial charge in [-0.15, -0.1) is 0 Å². The number of carbonyl (C=O) groups is 1. The molecule has 29 heavy (non-hydrogen) atoms. The van der Waals surface area contributed by atoms with Gasteiger partial charge in [-0.1, -0.05) is 30.3 Å². The first-order valence-corrected chi connectivity index (χ1v) is 9.65. The van der Waals surface area contributed by atoms with E-state index in [1.54, 1.807) is 26.2 Å². The molecule has 2 N–H and O–H groups in total. The lowest BCUT2D eigenvalue weighted by molar-refractivity contribution is -0.126. The second-order valence-electron chi connectivity index (χ2n) is 6.82. The molecule has 0 aromatic heterocycles. The number of amides is 1. The number of hydrogen-bond donors (Lipinski definition) is 2. The highest BCUT2D eigenvalue weighted by Gasteiger charge is 2.33. The molecule has 0 radical (unpaired) electrons. The number of nitrogens with zero attached hydrogens (tertiary/aromatic N) is 1. The molecule has 3 rings (SSSR count). The number of hydrogen-bond acceptors (Lipinski definition) is 4. The van der Waals surface area contributed by atoms with Gasteiger partial charge in [0.2, 0.25) is 0 Å². The van der Waals surface area contributed by atoms with Crippen LogP contribution in [-0.2, 0) is 11.3 Å². The van der Waals surface area contributed by atoms with Crippen LogP contribution in [-0.4, -0.2) is 37.2 Å². The summed E-state index contributed by atoms with van der Waals surface area (Å²) in [6.45, 7) is 2.36. The van der Waals surface area contributed by atoms with E-state index >= 15 is 0 Å². The Morgan fingerprint density at radius 3 is 2.52 bits per heavy atom. The van der Waals surface area contributed by atoms with Gasteiger partial charge in [-0.2, -0.15) is 0 Å². The quantitative estimate of drug-likeness (QED) is 0.712. The number of nitrogens with one attached hydrogen (secondary N) is 2. The van der Waals surface area contributed by atoms with E-state index < -0.39 is 6.04 Å². The topological polar surface area (TPSA) is 62.8 Å². The first-order valence-electron chi connectivity index (χ1n) is 9.24. The van der Waals surface area contributed by atoms with Gasteiger partial charge in [-0.3, -0.25) is 4.79 Å². The van der Waals surface area contributed by atoms with Crippen molar-refractivity contribution in [3.63, 3.8) is 0 Å². The van der Waals surface area contributed by atoms with Crippen LogP contribution in [0.15, 0.2) is 59.8 Å². The Balaban J connectivity index is 1.99. The number of carbonyl (C=O) groups excluding carboxylic acids is 1. The average Bonchev–Trinajstić information content (AvgIpc) is 2.73. The molecular weight excluding hydrogens is 386 g/mol. The first-order chi connectivity index (χ1) is 13.9. The number of allylic oxidation sites excluding steroid dienone is 1. The molecule has 7 heteroatoms. The third-order valence-corrected chi connectivity index (χ3v) is 5.08. The predicted molar refractivity (Wildman–Crippen MR) is 117 cm³/mol. The summed E-state index contributed by atoms with van der Waals surface area (Å²) >= 11 is 5.36. The monoisotopic (exact) mass is 411 g/mol. The van der Waals surface area contributed by atoms with Crippen LogP contribution in [0.3, 0.4) is 0 Å². The molecule has 1 aliphatic heterocycles. The lowest BCUT2D eigenvalue weighted by atomic mass is 9.93. The standard InChI is InChI=1S/C22H25N3O3S/c1-14-19(21(26)25(2)13-15-8-6-5-7-9-15)20(24-22(29)23-14)17-12-16(27-3)10-11-18(17)28-4/h5-12,20H,13H2,1-4H3,(H2,23,24,29). The molecule has 1 aliphatic rings. The minimum atomic E-state index is -0.459. The molecule has 0 saturated heterocycles. The van der Waals surface area contributed by atoms with Crippen LogP contribution in [0.1, 0.15) is 24.1 Å². The van der Waals surface area contributed by atoms with E-state index in [-0.39, 0.29) is 5.91 Å². The molecule has 152 valence electrons. The van der Waals surface area contributed by atoms with E-state index in [2.05, 4.69) is 10.6 Å². The molecule has 2 aromatic rings. The summed E-state index contributed by atoms with van der Waals surface area (Å²) in [5.41, 5.74) is 3.15. The maximum atomic E-state index is 13.4. The van der Waals surface area contributed by atoms with Crippen molar-refractivity contribution in [3.8, 4) is 11.5 Å². The zero-order valence-corrected chi connectivity index (χ0v) is 17.8. The molecule has 0 saturated carbocycles. The van der Waals surface area contributed by atoms with E-state index in [1.165, 1.54) is 0 Å². The van der Waals surface area contributed by atoms with Gasteiger partial charge in [0, 0.05) is 24.9 Å². The van der Waals surface area contributed by atoms with E-state index in [0.29, 0.717) is 34.4 Å². The van der Waals surface area contributed by atoms with E-state index in [1.807, 2.05) is 55.5 Å². The third kappa shape index (κ3) is 4.51. The Bertz CT molecular complexity index is 944. The van der Waals surface area contributed by atoms with Crippen LogP contribution in [0.25, 0.3) is 0 Å². The van der Waals surface area contributed by atoms with Crippen molar-refractivity contribution in [1.29, 1.82) is 0 Å². The SMILES string of the molecule is COc1ccc(OC)c(C2NC(=S)NC(C)=C2C(=O)N(C)Cc2ccccc2)c1. The number of rotatable bonds is 6. The van der Waals surface area contributed by atoms with Crippen LogP contribution in [0.5, 0.6) is 11.5 Å². The second-order valence-corrected chi connectivity index (χ2v) is 7.23. The third-order valence-electron chi connectivity index (χ3n) is 4.86. The Hall–Kier alpha value is -3.06. The lowest BCUT2D eigenvalue weighted by Gasteiger charge is -2.33. The van der Waals surface area contributed by atoms with Crippen LogP contribution in [0.2, 0.25) is 0 Å². The van der Waals surface area contributed by atoms with Crippen LogP contribution in [0.4, 0.5) is 0 Å². The van der Waals surface area contributed by atoms with Crippen molar-refractivity contribution < 1.29 is 14.3 Å². The summed E-state index contributed by atoms with van der Waals surface area (Å²) in [5.74, 6) is 1.23. The van der Waals surface area contributed by atoms with E-state index in [9.17, 15) is 4.79 Å². The highest BCUT2D eigenvalue weighted by atomic mass is 32.1. The van der Waals surface area contributed by atoms with E-state index in [4.69, 9.17) is 21.7 Å². The van der Waals surface area contributed by atoms with Crippen molar-refractivity contribution in [1.82, 2.24) is 15.5 Å². The molecule has 0 aliphatic carbocycles. The van der Waals surface area contributed by atoms with Gasteiger partial charge in [0.05, 0.1) is 25.8 Å². The smallest absolute Gasteiger partial charge is 0.254 e. The molecule has 0 fully saturated rings. The van der Waals surface area contributed by atoms with Gasteiger partial charge in [-0.05, 0) is 42.9 Å². The maximum Gasteiger partial charge on any atom is 0.254 e. The van der Waals surface area contributed by atoms with E-state index in [0.717, 1.165) is 11.1 Å². The second kappa shape index (κ2) is 8.96. The summed E-state index contributed by atoms with van der Waals surface area (Å²) in [4.78, 5) is 15.1. The molecular formula is C22H25N3O3S. The molecule has 1 atom stereocenters. The van der Waals surface area contributed by atoms with Crippen molar-refractivity contribution in [3.05, 3.63) is 70.9 Å². The molecule has 6 nitrogen and oxygen atoms in total. The largest absolute Gasteiger partial charge is 0.497 e. The molecule has 1 unspecified atom stereocenters. The van der Waals surface area contributed by atoms with Gasteiger partial charge in [0.15, 0.2) is 5.11 Å². The Kier molecular flexibility index (Phi) is 6.39. The summed E-state index contributed by atoms with van der Waals surface area (Å²) in [5, 5.41) is 6.75. The predicted octanol–water partition coefficient (Wildman–Crippen LogP) is 3.16. The number of methoxy groups -OCH3 is 2. The van der Waals surface area contributed by atoms with Crippen molar-refractivity contribution in [2.75, 3.05) is 21.3 Å². The Morgan fingerprint density at radius 2 is 1.86 bits per heavy atom.